The van der Waals surface area contributed by atoms with Gasteiger partial charge >= 0.3 is 0 Å². The maximum Gasteiger partial charge on any atom is 0.167 e. The van der Waals surface area contributed by atoms with Crippen molar-refractivity contribution in [3.8, 4) is 0 Å². The lowest BCUT2D eigenvalue weighted by Crippen LogP contribution is -2.05. The Morgan fingerprint density at radius 1 is 1.26 bits per heavy atom. The molecule has 0 N–H and O–H groups in total. The summed E-state index contributed by atoms with van der Waals surface area (Å²) >= 11 is 8.97. The minimum absolute atomic E-state index is 0.00678. The maximum atomic E-state index is 13.1. The van der Waals surface area contributed by atoms with E-state index in [4.69, 9.17) is 11.6 Å². The van der Waals surface area contributed by atoms with Crippen LogP contribution in [0.15, 0.2) is 40.9 Å². The van der Waals surface area contributed by atoms with Crippen LogP contribution in [0.5, 0.6) is 0 Å². The van der Waals surface area contributed by atoms with Gasteiger partial charge in [0.15, 0.2) is 5.78 Å². The summed E-state index contributed by atoms with van der Waals surface area (Å²) in [6.07, 6.45) is 0.237. The Morgan fingerprint density at radius 2 is 2.00 bits per heavy atom. The summed E-state index contributed by atoms with van der Waals surface area (Å²) in [6, 6.07) is 9.76. The van der Waals surface area contributed by atoms with E-state index in [2.05, 4.69) is 15.9 Å². The average Bonchev–Trinajstić information content (AvgIpc) is 2.33. The fraction of sp³-hybridized carbons (Fsp3) is 0.133. The van der Waals surface area contributed by atoms with Crippen molar-refractivity contribution in [2.24, 2.45) is 0 Å². The molecule has 0 aliphatic heterocycles. The molecule has 2 aromatic carbocycles. The smallest absolute Gasteiger partial charge is 0.167 e. The van der Waals surface area contributed by atoms with E-state index < -0.39 is 0 Å². The lowest BCUT2D eigenvalue weighted by Gasteiger charge is -2.06. The fourth-order valence-corrected chi connectivity index (χ4v) is 2.52. The molecule has 19 heavy (non-hydrogen) atoms. The quantitative estimate of drug-likeness (QED) is 0.720. The van der Waals surface area contributed by atoms with E-state index in [0.29, 0.717) is 15.1 Å². The molecule has 0 bridgehead atoms. The summed E-state index contributed by atoms with van der Waals surface area (Å²) in [5.41, 5.74) is 2.26. The zero-order valence-electron chi connectivity index (χ0n) is 10.2. The molecule has 2 aromatic rings. The molecule has 0 heterocycles. The molecule has 0 saturated heterocycles. The van der Waals surface area contributed by atoms with E-state index in [9.17, 15) is 9.18 Å². The Kier molecular flexibility index (Phi) is 4.38. The molecule has 0 fully saturated rings. The standard InChI is InChI=1S/C15H11BrClFO/c1-9-6-11(17)3-4-12(9)15(19)8-10-2-5-14(18)13(16)7-10/h2-7H,8H2,1H3. The van der Waals surface area contributed by atoms with Crippen molar-refractivity contribution >= 4 is 33.3 Å². The first-order chi connectivity index (χ1) is 8.97. The first-order valence-corrected chi connectivity index (χ1v) is 6.88. The number of Topliss-reactive ketones (excluding diaryl/α,β-unsaturated/α-hetero) is 1. The molecule has 2 rings (SSSR count). The zero-order valence-corrected chi connectivity index (χ0v) is 12.6. The van der Waals surface area contributed by atoms with E-state index >= 15 is 0 Å². The van der Waals surface area contributed by atoms with Crippen LogP contribution in [0, 0.1) is 12.7 Å². The number of carbonyl (C=O) groups is 1. The fourth-order valence-electron chi connectivity index (χ4n) is 1.87. The average molecular weight is 342 g/mol. The Balaban J connectivity index is 2.23. The molecule has 98 valence electrons. The maximum absolute atomic E-state index is 13.1. The molecule has 4 heteroatoms. The summed E-state index contributed by atoms with van der Waals surface area (Å²) in [6.45, 7) is 1.85. The van der Waals surface area contributed by atoms with Crippen LogP contribution in [0.25, 0.3) is 0 Å². The van der Waals surface area contributed by atoms with E-state index in [0.717, 1.165) is 11.1 Å². The molecular formula is C15H11BrClFO. The first kappa shape index (κ1) is 14.2. The van der Waals surface area contributed by atoms with Crippen molar-refractivity contribution in [2.45, 2.75) is 13.3 Å². The summed E-state index contributed by atoms with van der Waals surface area (Å²) < 4.78 is 13.5. The summed E-state index contributed by atoms with van der Waals surface area (Å²) in [7, 11) is 0. The number of carbonyl (C=O) groups excluding carboxylic acids is 1. The van der Waals surface area contributed by atoms with Gasteiger partial charge in [0.2, 0.25) is 0 Å². The van der Waals surface area contributed by atoms with E-state index in [1.54, 1.807) is 30.3 Å². The number of hydrogen-bond donors (Lipinski definition) is 0. The number of rotatable bonds is 3. The lowest BCUT2D eigenvalue weighted by atomic mass is 9.99. The second-order valence-electron chi connectivity index (χ2n) is 4.31. The Morgan fingerprint density at radius 3 is 2.63 bits per heavy atom. The highest BCUT2D eigenvalue weighted by Crippen LogP contribution is 2.20. The number of aryl methyl sites for hydroxylation is 1. The Hall–Kier alpha value is -1.19. The highest BCUT2D eigenvalue weighted by atomic mass is 79.9. The Bertz CT molecular complexity index is 640. The summed E-state index contributed by atoms with van der Waals surface area (Å²) in [4.78, 5) is 12.2. The molecule has 0 amide bonds. The van der Waals surface area contributed by atoms with Gasteiger partial charge in [0.1, 0.15) is 5.82 Å². The minimum Gasteiger partial charge on any atom is -0.294 e. The minimum atomic E-state index is -0.334. The van der Waals surface area contributed by atoms with E-state index in [1.807, 2.05) is 6.92 Å². The second kappa shape index (κ2) is 5.85. The third-order valence-electron chi connectivity index (χ3n) is 2.84. The number of halogens is 3. The van der Waals surface area contributed by atoms with Gasteiger partial charge in [-0.1, -0.05) is 17.7 Å². The van der Waals surface area contributed by atoms with Crippen LogP contribution in [0.1, 0.15) is 21.5 Å². The molecule has 0 spiro atoms. The van der Waals surface area contributed by atoms with Crippen LogP contribution in [-0.2, 0) is 6.42 Å². The van der Waals surface area contributed by atoms with Crippen LogP contribution in [-0.4, -0.2) is 5.78 Å². The van der Waals surface area contributed by atoms with Gasteiger partial charge in [-0.15, -0.1) is 0 Å². The number of hydrogen-bond acceptors (Lipinski definition) is 1. The largest absolute Gasteiger partial charge is 0.294 e. The zero-order chi connectivity index (χ0) is 14.0. The molecule has 0 aromatic heterocycles. The third-order valence-corrected chi connectivity index (χ3v) is 3.68. The topological polar surface area (TPSA) is 17.1 Å². The lowest BCUT2D eigenvalue weighted by molar-refractivity contribution is 0.0992. The van der Waals surface area contributed by atoms with Gasteiger partial charge in [0, 0.05) is 17.0 Å². The van der Waals surface area contributed by atoms with Gasteiger partial charge in [0.25, 0.3) is 0 Å². The van der Waals surface area contributed by atoms with E-state index in [1.165, 1.54) is 6.07 Å². The molecular weight excluding hydrogens is 331 g/mol. The van der Waals surface area contributed by atoms with Crippen LogP contribution in [0.3, 0.4) is 0 Å². The van der Waals surface area contributed by atoms with Crippen molar-refractivity contribution < 1.29 is 9.18 Å². The van der Waals surface area contributed by atoms with Crippen LogP contribution < -0.4 is 0 Å². The van der Waals surface area contributed by atoms with E-state index in [-0.39, 0.29) is 18.0 Å². The van der Waals surface area contributed by atoms with Crippen molar-refractivity contribution in [2.75, 3.05) is 0 Å². The van der Waals surface area contributed by atoms with Gasteiger partial charge in [-0.05, 0) is 64.3 Å². The van der Waals surface area contributed by atoms with Crippen molar-refractivity contribution in [1.82, 2.24) is 0 Å². The van der Waals surface area contributed by atoms with Gasteiger partial charge in [0.05, 0.1) is 4.47 Å². The first-order valence-electron chi connectivity index (χ1n) is 5.70. The van der Waals surface area contributed by atoms with Crippen molar-refractivity contribution in [3.05, 3.63) is 68.4 Å². The van der Waals surface area contributed by atoms with Gasteiger partial charge < -0.3 is 0 Å². The van der Waals surface area contributed by atoms with Crippen molar-refractivity contribution in [1.29, 1.82) is 0 Å². The molecule has 0 saturated carbocycles. The highest BCUT2D eigenvalue weighted by molar-refractivity contribution is 9.10. The SMILES string of the molecule is Cc1cc(Cl)ccc1C(=O)Cc1ccc(F)c(Br)c1. The molecule has 0 radical (unpaired) electrons. The van der Waals surface area contributed by atoms with Crippen LogP contribution in [0.2, 0.25) is 5.02 Å². The van der Waals surface area contributed by atoms with Gasteiger partial charge in [-0.3, -0.25) is 4.79 Å². The molecule has 0 aliphatic carbocycles. The normalized spacial score (nSPS) is 10.5. The molecule has 1 nitrogen and oxygen atoms in total. The number of benzene rings is 2. The van der Waals surface area contributed by atoms with Crippen molar-refractivity contribution in [3.63, 3.8) is 0 Å². The predicted octanol–water partition coefficient (Wildman–Crippen LogP) is 4.98. The summed E-state index contributed by atoms with van der Waals surface area (Å²) in [5.74, 6) is -0.341. The Labute approximate surface area is 124 Å². The summed E-state index contributed by atoms with van der Waals surface area (Å²) in [5, 5.41) is 0.610. The van der Waals surface area contributed by atoms with Gasteiger partial charge in [-0.25, -0.2) is 4.39 Å². The predicted molar refractivity (Wildman–Crippen MR) is 78.3 cm³/mol. The molecule has 0 atom stereocenters. The molecule has 0 aliphatic rings. The molecule has 0 unspecified atom stereocenters. The third kappa shape index (κ3) is 3.43. The second-order valence-corrected chi connectivity index (χ2v) is 5.60. The van der Waals surface area contributed by atoms with Crippen LogP contribution >= 0.6 is 27.5 Å². The monoisotopic (exact) mass is 340 g/mol. The van der Waals surface area contributed by atoms with Gasteiger partial charge in [-0.2, -0.15) is 0 Å². The van der Waals surface area contributed by atoms with Crippen LogP contribution in [0.4, 0.5) is 4.39 Å². The number of ketones is 1. The highest BCUT2D eigenvalue weighted by Gasteiger charge is 2.11.